The molecule has 0 radical (unpaired) electrons. The van der Waals surface area contributed by atoms with Gasteiger partial charge in [-0.05, 0) is 28.1 Å². The number of hydrogen-bond donors (Lipinski definition) is 1. The molecule has 0 aromatic carbocycles. The number of nitrogens with one attached hydrogen (secondary N) is 1. The highest BCUT2D eigenvalue weighted by Gasteiger charge is 2.20. The summed E-state index contributed by atoms with van der Waals surface area (Å²) < 4.78 is 23.3. The van der Waals surface area contributed by atoms with Crippen LogP contribution >= 0.6 is 27.3 Å². The van der Waals surface area contributed by atoms with Crippen LogP contribution in [0.3, 0.4) is 0 Å². The molecular weight excluding hydrogens is 298 g/mol. The Morgan fingerprint density at radius 3 is 2.87 bits per heavy atom. The Morgan fingerprint density at radius 1 is 1.53 bits per heavy atom. The molecule has 1 N–H and O–H groups in total. The van der Waals surface area contributed by atoms with Crippen LogP contribution < -0.4 is 5.32 Å². The summed E-state index contributed by atoms with van der Waals surface area (Å²) in [5.41, 5.74) is 0. The van der Waals surface area contributed by atoms with Crippen molar-refractivity contribution in [3.05, 3.63) is 32.3 Å². The van der Waals surface area contributed by atoms with E-state index in [1.54, 1.807) is 17.4 Å². The lowest BCUT2D eigenvalue weighted by atomic mass is 10.3. The van der Waals surface area contributed by atoms with E-state index in [0.29, 0.717) is 6.54 Å². The quantitative estimate of drug-likeness (QED) is 0.928. The molecule has 0 fully saturated rings. The molecule has 0 amide bonds. The largest absolute Gasteiger partial charge is 0.305 e. The van der Waals surface area contributed by atoms with Crippen molar-refractivity contribution >= 4 is 37.1 Å². The lowest BCUT2D eigenvalue weighted by molar-refractivity contribution is 0.591. The van der Waals surface area contributed by atoms with Crippen molar-refractivity contribution < 1.29 is 8.42 Å². The van der Waals surface area contributed by atoms with Crippen molar-refractivity contribution in [3.8, 4) is 0 Å². The molecular formula is C9H10BrNO2S2. The highest BCUT2D eigenvalue weighted by Crippen LogP contribution is 2.22. The standard InChI is InChI=1S/C9H10BrNO2S2/c10-9-2-1-8(14-9)5-11-7-3-4-15(12,13)6-7/h1-4,7,11H,5-6H2. The van der Waals surface area contributed by atoms with Crippen LogP contribution in [0.5, 0.6) is 0 Å². The molecule has 0 saturated carbocycles. The van der Waals surface area contributed by atoms with Crippen LogP contribution in [0.2, 0.25) is 0 Å². The van der Waals surface area contributed by atoms with Crippen LogP contribution in [0.25, 0.3) is 0 Å². The van der Waals surface area contributed by atoms with Crippen LogP contribution in [0.1, 0.15) is 4.88 Å². The lowest BCUT2D eigenvalue weighted by Crippen LogP contribution is -2.29. The molecule has 0 aliphatic carbocycles. The molecule has 3 nitrogen and oxygen atoms in total. The maximum Gasteiger partial charge on any atom is 0.173 e. The van der Waals surface area contributed by atoms with E-state index < -0.39 is 9.84 Å². The van der Waals surface area contributed by atoms with Gasteiger partial charge in [-0.2, -0.15) is 0 Å². The van der Waals surface area contributed by atoms with Crippen LogP contribution in [0, 0.1) is 0 Å². The number of rotatable bonds is 3. The minimum atomic E-state index is -2.94. The van der Waals surface area contributed by atoms with Gasteiger partial charge in [0, 0.05) is 22.9 Å². The van der Waals surface area contributed by atoms with E-state index in [-0.39, 0.29) is 11.8 Å². The first-order valence-corrected chi connectivity index (χ1v) is 7.76. The Kier molecular flexibility index (Phi) is 3.30. The fraction of sp³-hybridized carbons (Fsp3) is 0.333. The fourth-order valence-electron chi connectivity index (χ4n) is 1.38. The molecule has 1 aliphatic rings. The van der Waals surface area contributed by atoms with Gasteiger partial charge in [-0.25, -0.2) is 8.42 Å². The van der Waals surface area contributed by atoms with Crippen molar-refractivity contribution in [1.29, 1.82) is 0 Å². The third kappa shape index (κ3) is 3.14. The smallest absolute Gasteiger partial charge is 0.173 e. The number of sulfone groups is 1. The summed E-state index contributed by atoms with van der Waals surface area (Å²) in [5, 5.41) is 4.48. The lowest BCUT2D eigenvalue weighted by Gasteiger charge is -2.07. The van der Waals surface area contributed by atoms with Crippen molar-refractivity contribution in [2.75, 3.05) is 5.75 Å². The summed E-state index contributed by atoms with van der Waals surface area (Å²) >= 11 is 5.04. The van der Waals surface area contributed by atoms with E-state index in [1.165, 1.54) is 10.3 Å². The molecule has 1 aromatic heterocycles. The second-order valence-corrected chi connectivity index (χ2v) is 7.83. The van der Waals surface area contributed by atoms with Crippen LogP contribution in [-0.2, 0) is 16.4 Å². The summed E-state index contributed by atoms with van der Waals surface area (Å²) in [6, 6.07) is 3.97. The first kappa shape index (κ1) is 11.3. The predicted octanol–water partition coefficient (Wildman–Crippen LogP) is 1.91. The van der Waals surface area contributed by atoms with Crippen LogP contribution in [0.15, 0.2) is 27.4 Å². The van der Waals surface area contributed by atoms with E-state index in [9.17, 15) is 8.42 Å². The molecule has 0 spiro atoms. The maximum atomic E-state index is 11.1. The minimum absolute atomic E-state index is 0.0455. The zero-order valence-corrected chi connectivity index (χ0v) is 11.0. The maximum absolute atomic E-state index is 11.1. The summed E-state index contributed by atoms with van der Waals surface area (Å²) in [5.74, 6) is 0.180. The van der Waals surface area contributed by atoms with Gasteiger partial charge in [0.25, 0.3) is 0 Å². The van der Waals surface area contributed by atoms with Gasteiger partial charge < -0.3 is 5.32 Å². The van der Waals surface area contributed by atoms with Gasteiger partial charge in [-0.3, -0.25) is 0 Å². The van der Waals surface area contributed by atoms with Crippen molar-refractivity contribution in [2.24, 2.45) is 0 Å². The average molecular weight is 308 g/mol. The molecule has 6 heteroatoms. The third-order valence-electron chi connectivity index (χ3n) is 2.10. The molecule has 2 heterocycles. The summed E-state index contributed by atoms with van der Waals surface area (Å²) in [6.45, 7) is 0.709. The average Bonchev–Trinajstić information content (AvgIpc) is 2.69. The molecule has 2 rings (SSSR count). The topological polar surface area (TPSA) is 46.2 Å². The summed E-state index contributed by atoms with van der Waals surface area (Å²) in [7, 11) is -2.94. The molecule has 0 bridgehead atoms. The fourth-order valence-corrected chi connectivity index (χ4v) is 4.09. The van der Waals surface area contributed by atoms with Gasteiger partial charge >= 0.3 is 0 Å². The Balaban J connectivity index is 1.88. The Morgan fingerprint density at radius 2 is 2.33 bits per heavy atom. The van der Waals surface area contributed by atoms with E-state index in [0.717, 1.165) is 3.79 Å². The molecule has 15 heavy (non-hydrogen) atoms. The highest BCUT2D eigenvalue weighted by molar-refractivity contribution is 9.11. The van der Waals surface area contributed by atoms with E-state index in [1.807, 2.05) is 12.1 Å². The van der Waals surface area contributed by atoms with Gasteiger partial charge in [0.1, 0.15) is 0 Å². The minimum Gasteiger partial charge on any atom is -0.305 e. The first-order valence-electron chi connectivity index (χ1n) is 4.44. The molecule has 1 atom stereocenters. The number of thiophene rings is 1. The van der Waals surface area contributed by atoms with Crippen molar-refractivity contribution in [3.63, 3.8) is 0 Å². The van der Waals surface area contributed by atoms with E-state index in [4.69, 9.17) is 0 Å². The predicted molar refractivity (Wildman–Crippen MR) is 65.6 cm³/mol. The number of hydrogen-bond acceptors (Lipinski definition) is 4. The Hall–Kier alpha value is -0.170. The Labute approximate surface area is 101 Å². The molecule has 82 valence electrons. The third-order valence-corrected chi connectivity index (χ3v) is 5.12. The highest BCUT2D eigenvalue weighted by atomic mass is 79.9. The molecule has 1 aliphatic heterocycles. The SMILES string of the molecule is O=S1(=O)C=CC(NCc2ccc(Br)s2)C1. The van der Waals surface area contributed by atoms with Crippen LogP contribution in [-0.4, -0.2) is 20.2 Å². The van der Waals surface area contributed by atoms with Gasteiger partial charge in [-0.15, -0.1) is 11.3 Å². The second kappa shape index (κ2) is 4.37. The monoisotopic (exact) mass is 307 g/mol. The molecule has 1 unspecified atom stereocenters. The van der Waals surface area contributed by atoms with E-state index >= 15 is 0 Å². The van der Waals surface area contributed by atoms with Crippen molar-refractivity contribution in [1.82, 2.24) is 5.32 Å². The Bertz CT molecular complexity index is 478. The summed E-state index contributed by atoms with van der Waals surface area (Å²) in [4.78, 5) is 1.19. The molecule has 0 saturated heterocycles. The molecule has 1 aromatic rings. The zero-order valence-electron chi connectivity index (χ0n) is 7.81. The first-order chi connectivity index (χ1) is 7.05. The van der Waals surface area contributed by atoms with Gasteiger partial charge in [-0.1, -0.05) is 6.08 Å². The zero-order chi connectivity index (χ0) is 10.9. The van der Waals surface area contributed by atoms with E-state index in [2.05, 4.69) is 21.2 Å². The van der Waals surface area contributed by atoms with Crippen molar-refractivity contribution in [2.45, 2.75) is 12.6 Å². The number of halogens is 1. The van der Waals surface area contributed by atoms with Gasteiger partial charge in [0.2, 0.25) is 0 Å². The summed E-state index contributed by atoms with van der Waals surface area (Å²) in [6.07, 6.45) is 1.71. The van der Waals surface area contributed by atoms with Crippen LogP contribution in [0.4, 0.5) is 0 Å². The van der Waals surface area contributed by atoms with Gasteiger partial charge in [0.05, 0.1) is 9.54 Å². The normalized spacial score (nSPS) is 23.4. The van der Waals surface area contributed by atoms with Gasteiger partial charge in [0.15, 0.2) is 9.84 Å². The second-order valence-electron chi connectivity index (χ2n) is 3.35.